The summed E-state index contributed by atoms with van der Waals surface area (Å²) in [7, 11) is 3.36. The predicted octanol–water partition coefficient (Wildman–Crippen LogP) is 2.01. The van der Waals surface area contributed by atoms with Crippen LogP contribution in [0.25, 0.3) is 0 Å². The standard InChI is InChI=1S/C16H25NO3/c1-16(18,13-6-8-14(20-3)9-7-13)15-5-4-10-17(15)11-12-19-2/h6-9,15,18H,4-5,10-12H2,1-3H3. The van der Waals surface area contributed by atoms with Crippen molar-refractivity contribution in [2.24, 2.45) is 0 Å². The highest BCUT2D eigenvalue weighted by atomic mass is 16.5. The molecule has 1 aromatic rings. The van der Waals surface area contributed by atoms with Gasteiger partial charge in [0.2, 0.25) is 0 Å². The van der Waals surface area contributed by atoms with E-state index < -0.39 is 5.60 Å². The first-order valence-electron chi connectivity index (χ1n) is 7.19. The fourth-order valence-electron chi connectivity index (χ4n) is 3.06. The molecule has 0 aliphatic carbocycles. The first-order chi connectivity index (χ1) is 9.59. The van der Waals surface area contributed by atoms with E-state index in [4.69, 9.17) is 9.47 Å². The number of hydrogen-bond acceptors (Lipinski definition) is 4. The molecule has 1 aliphatic heterocycles. The molecule has 1 aliphatic rings. The minimum Gasteiger partial charge on any atom is -0.497 e. The molecular weight excluding hydrogens is 254 g/mol. The quantitative estimate of drug-likeness (QED) is 0.865. The molecule has 1 fully saturated rings. The van der Waals surface area contributed by atoms with Gasteiger partial charge in [-0.1, -0.05) is 12.1 Å². The van der Waals surface area contributed by atoms with Crippen LogP contribution in [0.3, 0.4) is 0 Å². The highest BCUT2D eigenvalue weighted by molar-refractivity contribution is 5.31. The van der Waals surface area contributed by atoms with Crippen LogP contribution in [0.5, 0.6) is 5.75 Å². The van der Waals surface area contributed by atoms with Gasteiger partial charge in [0, 0.05) is 19.7 Å². The lowest BCUT2D eigenvalue weighted by Gasteiger charge is -2.37. The Morgan fingerprint density at radius 1 is 1.30 bits per heavy atom. The van der Waals surface area contributed by atoms with E-state index in [1.807, 2.05) is 31.2 Å². The van der Waals surface area contributed by atoms with E-state index in [0.717, 1.165) is 37.2 Å². The van der Waals surface area contributed by atoms with Gasteiger partial charge in [0.1, 0.15) is 11.4 Å². The molecule has 112 valence electrons. The van der Waals surface area contributed by atoms with E-state index in [2.05, 4.69) is 4.90 Å². The van der Waals surface area contributed by atoms with Crippen molar-refractivity contribution in [3.05, 3.63) is 29.8 Å². The van der Waals surface area contributed by atoms with E-state index in [1.165, 1.54) is 0 Å². The SMILES string of the molecule is COCCN1CCCC1C(C)(O)c1ccc(OC)cc1. The zero-order valence-electron chi connectivity index (χ0n) is 12.6. The van der Waals surface area contributed by atoms with Crippen LogP contribution < -0.4 is 4.74 Å². The second kappa shape index (κ2) is 6.57. The Morgan fingerprint density at radius 3 is 2.60 bits per heavy atom. The van der Waals surface area contributed by atoms with Gasteiger partial charge in [-0.2, -0.15) is 0 Å². The molecule has 0 aromatic heterocycles. The maximum absolute atomic E-state index is 11.0. The predicted molar refractivity (Wildman–Crippen MR) is 79.0 cm³/mol. The molecular formula is C16H25NO3. The summed E-state index contributed by atoms with van der Waals surface area (Å²) >= 11 is 0. The molecule has 0 saturated carbocycles. The molecule has 4 heteroatoms. The number of aliphatic hydroxyl groups is 1. The molecule has 0 spiro atoms. The summed E-state index contributed by atoms with van der Waals surface area (Å²) in [6.45, 7) is 4.51. The average molecular weight is 279 g/mol. The van der Waals surface area contributed by atoms with Gasteiger partial charge in [-0.15, -0.1) is 0 Å². The number of likely N-dealkylation sites (tertiary alicyclic amines) is 1. The van der Waals surface area contributed by atoms with E-state index >= 15 is 0 Å². The molecule has 2 atom stereocenters. The molecule has 0 radical (unpaired) electrons. The first kappa shape index (κ1) is 15.3. The van der Waals surface area contributed by atoms with Crippen LogP contribution in [0.15, 0.2) is 24.3 Å². The van der Waals surface area contributed by atoms with Gasteiger partial charge in [-0.3, -0.25) is 4.90 Å². The second-order valence-electron chi connectivity index (χ2n) is 5.56. The fourth-order valence-corrected chi connectivity index (χ4v) is 3.06. The summed E-state index contributed by atoms with van der Waals surface area (Å²) in [4.78, 5) is 2.33. The molecule has 4 nitrogen and oxygen atoms in total. The van der Waals surface area contributed by atoms with Gasteiger partial charge in [-0.25, -0.2) is 0 Å². The summed E-state index contributed by atoms with van der Waals surface area (Å²) in [5, 5.41) is 11.0. The van der Waals surface area contributed by atoms with Gasteiger partial charge in [0.05, 0.1) is 13.7 Å². The molecule has 2 rings (SSSR count). The van der Waals surface area contributed by atoms with E-state index in [1.54, 1.807) is 14.2 Å². The van der Waals surface area contributed by atoms with Crippen molar-refractivity contribution in [1.82, 2.24) is 4.90 Å². The van der Waals surface area contributed by atoms with Gasteiger partial charge in [-0.05, 0) is 44.0 Å². The van der Waals surface area contributed by atoms with Crippen LogP contribution in [0, 0.1) is 0 Å². The van der Waals surface area contributed by atoms with Crippen LogP contribution in [-0.2, 0) is 10.3 Å². The highest BCUT2D eigenvalue weighted by Crippen LogP contribution is 2.35. The second-order valence-corrected chi connectivity index (χ2v) is 5.56. The third-order valence-corrected chi connectivity index (χ3v) is 4.27. The monoisotopic (exact) mass is 279 g/mol. The molecule has 1 heterocycles. The Balaban J connectivity index is 2.14. The smallest absolute Gasteiger partial charge is 0.118 e. The Kier molecular flexibility index (Phi) is 5.02. The third kappa shape index (κ3) is 3.14. The van der Waals surface area contributed by atoms with Crippen molar-refractivity contribution >= 4 is 0 Å². The third-order valence-electron chi connectivity index (χ3n) is 4.27. The van der Waals surface area contributed by atoms with Crippen molar-refractivity contribution in [3.8, 4) is 5.75 Å². The van der Waals surface area contributed by atoms with Gasteiger partial charge >= 0.3 is 0 Å². The Labute approximate surface area is 121 Å². The number of nitrogens with zero attached hydrogens (tertiary/aromatic N) is 1. The molecule has 0 amide bonds. The number of rotatable bonds is 6. The zero-order valence-corrected chi connectivity index (χ0v) is 12.6. The molecule has 1 saturated heterocycles. The summed E-state index contributed by atoms with van der Waals surface area (Å²) in [6, 6.07) is 7.85. The van der Waals surface area contributed by atoms with E-state index in [9.17, 15) is 5.11 Å². The molecule has 2 unspecified atom stereocenters. The molecule has 1 N–H and O–H groups in total. The van der Waals surface area contributed by atoms with Crippen LogP contribution >= 0.6 is 0 Å². The van der Waals surface area contributed by atoms with Crippen molar-refractivity contribution in [2.75, 3.05) is 33.9 Å². The summed E-state index contributed by atoms with van der Waals surface area (Å²) in [6.07, 6.45) is 2.14. The fraction of sp³-hybridized carbons (Fsp3) is 0.625. The molecule has 1 aromatic carbocycles. The Bertz CT molecular complexity index is 416. The number of methoxy groups -OCH3 is 2. The van der Waals surface area contributed by atoms with Gasteiger partial charge < -0.3 is 14.6 Å². The zero-order chi connectivity index (χ0) is 14.6. The maximum atomic E-state index is 11.0. The van der Waals surface area contributed by atoms with Crippen LogP contribution in [0.2, 0.25) is 0 Å². The number of benzene rings is 1. The van der Waals surface area contributed by atoms with Crippen molar-refractivity contribution in [1.29, 1.82) is 0 Å². The Morgan fingerprint density at radius 2 is 2.00 bits per heavy atom. The number of ether oxygens (including phenoxy) is 2. The number of hydrogen-bond donors (Lipinski definition) is 1. The molecule has 20 heavy (non-hydrogen) atoms. The Hall–Kier alpha value is -1.10. The minimum absolute atomic E-state index is 0.144. The van der Waals surface area contributed by atoms with Gasteiger partial charge in [0.15, 0.2) is 0 Å². The maximum Gasteiger partial charge on any atom is 0.118 e. The summed E-state index contributed by atoms with van der Waals surface area (Å²) < 4.78 is 10.3. The molecule has 0 bridgehead atoms. The van der Waals surface area contributed by atoms with Crippen molar-refractivity contribution in [3.63, 3.8) is 0 Å². The normalized spacial score (nSPS) is 22.7. The summed E-state index contributed by atoms with van der Waals surface area (Å²) in [5.41, 5.74) is 0.0869. The topological polar surface area (TPSA) is 41.9 Å². The first-order valence-corrected chi connectivity index (χ1v) is 7.19. The minimum atomic E-state index is -0.851. The van der Waals surface area contributed by atoms with Gasteiger partial charge in [0.25, 0.3) is 0 Å². The van der Waals surface area contributed by atoms with Crippen LogP contribution in [0.1, 0.15) is 25.3 Å². The van der Waals surface area contributed by atoms with Crippen molar-refractivity contribution in [2.45, 2.75) is 31.4 Å². The average Bonchev–Trinajstić information content (AvgIpc) is 2.94. The lowest BCUT2D eigenvalue weighted by atomic mass is 9.86. The van der Waals surface area contributed by atoms with E-state index in [-0.39, 0.29) is 6.04 Å². The van der Waals surface area contributed by atoms with Crippen LogP contribution in [0.4, 0.5) is 0 Å². The highest BCUT2D eigenvalue weighted by Gasteiger charge is 2.40. The lowest BCUT2D eigenvalue weighted by molar-refractivity contribution is -0.0280. The van der Waals surface area contributed by atoms with E-state index in [0.29, 0.717) is 6.61 Å². The summed E-state index contributed by atoms with van der Waals surface area (Å²) in [5.74, 6) is 0.812. The van der Waals surface area contributed by atoms with Crippen LogP contribution in [-0.4, -0.2) is 50.0 Å². The largest absolute Gasteiger partial charge is 0.497 e. The lowest BCUT2D eigenvalue weighted by Crippen LogP contribution is -2.46. The van der Waals surface area contributed by atoms with Crippen molar-refractivity contribution < 1.29 is 14.6 Å².